The van der Waals surface area contributed by atoms with Gasteiger partial charge in [0.15, 0.2) is 0 Å². The minimum Gasteiger partial charge on any atom is -0.382 e. The minimum absolute atomic E-state index is 0.217. The van der Waals surface area contributed by atoms with Gasteiger partial charge in [-0.1, -0.05) is 12.1 Å². The van der Waals surface area contributed by atoms with E-state index in [-0.39, 0.29) is 17.2 Å². The summed E-state index contributed by atoms with van der Waals surface area (Å²) in [5.74, 6) is -0.133. The van der Waals surface area contributed by atoms with E-state index in [2.05, 4.69) is 10.2 Å². The van der Waals surface area contributed by atoms with Crippen LogP contribution in [0.2, 0.25) is 0 Å². The molecule has 1 aromatic heterocycles. The van der Waals surface area contributed by atoms with Crippen molar-refractivity contribution in [3.8, 4) is 11.1 Å². The van der Waals surface area contributed by atoms with Gasteiger partial charge in [-0.25, -0.2) is 9.49 Å². The minimum atomic E-state index is -0.351. The Bertz CT molecular complexity index is 533. The predicted molar refractivity (Wildman–Crippen MR) is 54.7 cm³/mol. The third kappa shape index (κ3) is 1.85. The summed E-state index contributed by atoms with van der Waals surface area (Å²) in [4.78, 5) is 11.4. The summed E-state index contributed by atoms with van der Waals surface area (Å²) >= 11 is 0. The number of nitrogens with one attached hydrogen (secondary N) is 1. The molecule has 0 amide bonds. The lowest BCUT2D eigenvalue weighted by Gasteiger charge is -2.00. The lowest BCUT2D eigenvalue weighted by molar-refractivity contribution is 0.628. The molecule has 0 aliphatic carbocycles. The fraction of sp³-hybridized carbons (Fsp3) is 0. The van der Waals surface area contributed by atoms with E-state index in [9.17, 15) is 9.18 Å². The van der Waals surface area contributed by atoms with E-state index in [1.54, 1.807) is 0 Å². The number of aromatic amines is 1. The summed E-state index contributed by atoms with van der Waals surface area (Å²) < 4.78 is 12.7. The second-order valence-electron chi connectivity index (χ2n) is 3.04. The number of H-pyrrole nitrogens is 1. The summed E-state index contributed by atoms with van der Waals surface area (Å²) in [5.41, 5.74) is 6.07. The smallest absolute Gasteiger partial charge is 0.272 e. The zero-order valence-electron chi connectivity index (χ0n) is 7.70. The Balaban J connectivity index is 2.58. The third-order valence-corrected chi connectivity index (χ3v) is 1.98. The molecule has 0 fully saturated rings. The zero-order valence-corrected chi connectivity index (χ0v) is 7.70. The number of nitrogens with zero attached hydrogens (tertiary/aromatic N) is 1. The molecule has 76 valence electrons. The molecule has 0 bridgehead atoms. The van der Waals surface area contributed by atoms with E-state index in [0.717, 1.165) is 0 Å². The SMILES string of the molecule is Nc1cc(-c2ccc(F)cc2)c(=O)[nH]n1. The van der Waals surface area contributed by atoms with Crippen LogP contribution in [0.25, 0.3) is 11.1 Å². The molecular formula is C10H8FN3O. The Kier molecular flexibility index (Phi) is 2.21. The normalized spacial score (nSPS) is 10.2. The van der Waals surface area contributed by atoms with E-state index in [4.69, 9.17) is 5.73 Å². The Morgan fingerprint density at radius 1 is 1.27 bits per heavy atom. The molecule has 0 saturated heterocycles. The lowest BCUT2D eigenvalue weighted by Crippen LogP contribution is -2.12. The molecule has 0 atom stereocenters. The molecule has 0 aliphatic heterocycles. The summed E-state index contributed by atoms with van der Waals surface area (Å²) in [5, 5.41) is 5.81. The van der Waals surface area contributed by atoms with Crippen molar-refractivity contribution in [3.05, 3.63) is 46.5 Å². The molecule has 0 radical (unpaired) electrons. The van der Waals surface area contributed by atoms with Gasteiger partial charge in [-0.15, -0.1) is 0 Å². The number of halogens is 1. The van der Waals surface area contributed by atoms with Crippen LogP contribution in [-0.2, 0) is 0 Å². The number of hydrogen-bond donors (Lipinski definition) is 2. The number of rotatable bonds is 1. The fourth-order valence-corrected chi connectivity index (χ4v) is 1.27. The number of nitrogen functional groups attached to an aromatic ring is 1. The number of hydrogen-bond acceptors (Lipinski definition) is 3. The number of nitrogens with two attached hydrogens (primary N) is 1. The van der Waals surface area contributed by atoms with Crippen molar-refractivity contribution in [1.82, 2.24) is 10.2 Å². The van der Waals surface area contributed by atoms with Gasteiger partial charge < -0.3 is 5.73 Å². The summed E-state index contributed by atoms with van der Waals surface area (Å²) in [6.07, 6.45) is 0. The highest BCUT2D eigenvalue weighted by Gasteiger charge is 2.04. The largest absolute Gasteiger partial charge is 0.382 e. The van der Waals surface area contributed by atoms with Crippen molar-refractivity contribution in [2.24, 2.45) is 0 Å². The van der Waals surface area contributed by atoms with Crippen molar-refractivity contribution < 1.29 is 4.39 Å². The molecule has 0 aliphatic rings. The van der Waals surface area contributed by atoms with E-state index in [0.29, 0.717) is 11.1 Å². The Hall–Kier alpha value is -2.17. The molecular weight excluding hydrogens is 197 g/mol. The second-order valence-corrected chi connectivity index (χ2v) is 3.04. The molecule has 5 heteroatoms. The van der Waals surface area contributed by atoms with Crippen LogP contribution in [-0.4, -0.2) is 10.2 Å². The first-order valence-electron chi connectivity index (χ1n) is 4.28. The quantitative estimate of drug-likeness (QED) is 0.733. The number of benzene rings is 1. The van der Waals surface area contributed by atoms with Gasteiger partial charge in [0.2, 0.25) is 0 Å². The van der Waals surface area contributed by atoms with Crippen LogP contribution in [0.1, 0.15) is 0 Å². The average molecular weight is 205 g/mol. The first kappa shape index (κ1) is 9.39. The monoisotopic (exact) mass is 205 g/mol. The lowest BCUT2D eigenvalue weighted by atomic mass is 10.1. The van der Waals surface area contributed by atoms with Crippen molar-refractivity contribution in [2.75, 3.05) is 5.73 Å². The van der Waals surface area contributed by atoms with Gasteiger partial charge >= 0.3 is 0 Å². The molecule has 0 saturated carbocycles. The van der Waals surface area contributed by atoms with Gasteiger partial charge in [0, 0.05) is 0 Å². The Morgan fingerprint density at radius 2 is 1.93 bits per heavy atom. The molecule has 3 N–H and O–H groups in total. The van der Waals surface area contributed by atoms with E-state index in [1.807, 2.05) is 0 Å². The van der Waals surface area contributed by atoms with Gasteiger partial charge in [-0.2, -0.15) is 5.10 Å². The summed E-state index contributed by atoms with van der Waals surface area (Å²) in [6, 6.07) is 7.04. The third-order valence-electron chi connectivity index (χ3n) is 1.98. The molecule has 0 spiro atoms. The van der Waals surface area contributed by atoms with E-state index in [1.165, 1.54) is 30.3 Å². The average Bonchev–Trinajstić information content (AvgIpc) is 2.23. The van der Waals surface area contributed by atoms with Crippen LogP contribution in [0, 0.1) is 5.82 Å². The maximum Gasteiger partial charge on any atom is 0.272 e. The van der Waals surface area contributed by atoms with Crippen LogP contribution in [0.15, 0.2) is 35.1 Å². The highest BCUT2D eigenvalue weighted by molar-refractivity contribution is 5.64. The highest BCUT2D eigenvalue weighted by atomic mass is 19.1. The van der Waals surface area contributed by atoms with Gasteiger partial charge in [0.05, 0.1) is 5.56 Å². The molecule has 2 aromatic rings. The van der Waals surface area contributed by atoms with Crippen LogP contribution >= 0.6 is 0 Å². The number of aromatic nitrogens is 2. The van der Waals surface area contributed by atoms with Crippen molar-refractivity contribution >= 4 is 5.82 Å². The molecule has 15 heavy (non-hydrogen) atoms. The fourth-order valence-electron chi connectivity index (χ4n) is 1.27. The molecule has 0 unspecified atom stereocenters. The first-order valence-corrected chi connectivity index (χ1v) is 4.28. The zero-order chi connectivity index (χ0) is 10.8. The van der Waals surface area contributed by atoms with Crippen molar-refractivity contribution in [1.29, 1.82) is 0 Å². The standard InChI is InChI=1S/C10H8FN3O/c11-7-3-1-6(2-4-7)8-5-9(12)13-14-10(8)15/h1-5H,(H2,12,13)(H,14,15). The molecule has 4 nitrogen and oxygen atoms in total. The summed E-state index contributed by atoms with van der Waals surface area (Å²) in [6.45, 7) is 0. The van der Waals surface area contributed by atoms with Gasteiger partial charge in [-0.3, -0.25) is 4.79 Å². The van der Waals surface area contributed by atoms with Crippen LogP contribution < -0.4 is 11.3 Å². The van der Waals surface area contributed by atoms with Crippen LogP contribution in [0.4, 0.5) is 10.2 Å². The Labute approximate surface area is 84.6 Å². The van der Waals surface area contributed by atoms with Gasteiger partial charge in [0.1, 0.15) is 11.6 Å². The van der Waals surface area contributed by atoms with Gasteiger partial charge in [-0.05, 0) is 23.8 Å². The van der Waals surface area contributed by atoms with Crippen LogP contribution in [0.3, 0.4) is 0 Å². The second kappa shape index (κ2) is 3.53. The van der Waals surface area contributed by atoms with Crippen LogP contribution in [0.5, 0.6) is 0 Å². The van der Waals surface area contributed by atoms with Crippen molar-refractivity contribution in [3.63, 3.8) is 0 Å². The van der Waals surface area contributed by atoms with E-state index < -0.39 is 0 Å². The molecule has 1 aromatic carbocycles. The predicted octanol–water partition coefficient (Wildman–Crippen LogP) is 1.16. The maximum absolute atomic E-state index is 12.7. The topological polar surface area (TPSA) is 71.8 Å². The maximum atomic E-state index is 12.7. The highest BCUT2D eigenvalue weighted by Crippen LogP contribution is 2.16. The van der Waals surface area contributed by atoms with E-state index >= 15 is 0 Å². The first-order chi connectivity index (χ1) is 7.16. The van der Waals surface area contributed by atoms with Gasteiger partial charge in [0.25, 0.3) is 5.56 Å². The number of anilines is 1. The van der Waals surface area contributed by atoms with Crippen molar-refractivity contribution in [2.45, 2.75) is 0 Å². The molecule has 2 rings (SSSR count). The molecule has 1 heterocycles. The summed E-state index contributed by atoms with van der Waals surface area (Å²) in [7, 11) is 0. The Morgan fingerprint density at radius 3 is 2.60 bits per heavy atom.